The van der Waals surface area contributed by atoms with E-state index in [1.807, 2.05) is 6.92 Å². The molecule has 0 aliphatic carbocycles. The Kier molecular flexibility index (Phi) is 6.12. The third-order valence-corrected chi connectivity index (χ3v) is 5.75. The number of allylic oxidation sites excluding steroid dienone is 1. The van der Waals surface area contributed by atoms with Crippen LogP contribution in [0.5, 0.6) is 0 Å². The lowest BCUT2D eigenvalue weighted by molar-refractivity contribution is -0.105. The number of nitrogens with zero attached hydrogens (tertiary/aromatic N) is 5. The molecular weight excluding hydrogens is 443 g/mol. The molecule has 0 radical (unpaired) electrons. The molecule has 3 aromatic rings. The summed E-state index contributed by atoms with van der Waals surface area (Å²) in [5.41, 5.74) is 2.07. The van der Waals surface area contributed by atoms with Crippen LogP contribution in [0.3, 0.4) is 0 Å². The van der Waals surface area contributed by atoms with Crippen LogP contribution < -0.4 is 0 Å². The van der Waals surface area contributed by atoms with E-state index >= 15 is 0 Å². The second-order valence-electron chi connectivity index (χ2n) is 7.95. The third-order valence-electron chi connectivity index (χ3n) is 5.75. The molecule has 1 aliphatic rings. The molecule has 0 N–H and O–H groups in total. The maximum Gasteiger partial charge on any atom is 0.431 e. The predicted octanol–water partition coefficient (Wildman–Crippen LogP) is 5.74. The normalized spacial score (nSPS) is 13.6. The van der Waals surface area contributed by atoms with E-state index < -0.39 is 11.9 Å². The Morgan fingerprint density at radius 3 is 2.41 bits per heavy atom. The van der Waals surface area contributed by atoms with Crippen LogP contribution in [0.1, 0.15) is 48.4 Å². The monoisotopic (exact) mass is 467 g/mol. The van der Waals surface area contributed by atoms with Gasteiger partial charge in [0.2, 0.25) is 0 Å². The van der Waals surface area contributed by atoms with Crippen molar-refractivity contribution in [1.82, 2.24) is 24.4 Å². The van der Waals surface area contributed by atoms with E-state index in [4.69, 9.17) is 4.98 Å². The van der Waals surface area contributed by atoms with Crippen molar-refractivity contribution < 1.29 is 18.0 Å². The first-order chi connectivity index (χ1) is 16.2. The maximum atomic E-state index is 13.7. The average molecular weight is 467 g/mol. The summed E-state index contributed by atoms with van der Waals surface area (Å²) in [5.74, 6) is 0.199. The van der Waals surface area contributed by atoms with Crippen LogP contribution in [0, 0.1) is 0 Å². The summed E-state index contributed by atoms with van der Waals surface area (Å²) >= 11 is 0. The van der Waals surface area contributed by atoms with Gasteiger partial charge in [0.05, 0.1) is 22.8 Å². The topological polar surface area (TPSA) is 63.9 Å². The van der Waals surface area contributed by atoms with Crippen molar-refractivity contribution in [3.63, 3.8) is 0 Å². The Hall–Kier alpha value is -3.75. The van der Waals surface area contributed by atoms with Crippen LogP contribution in [0.25, 0.3) is 34.5 Å². The fourth-order valence-corrected chi connectivity index (χ4v) is 4.15. The van der Waals surface area contributed by atoms with Gasteiger partial charge in [-0.3, -0.25) is 9.78 Å². The Bertz CT molecular complexity index is 1290. The lowest BCUT2D eigenvalue weighted by Crippen LogP contribution is -2.33. The maximum absolute atomic E-state index is 13.7. The minimum atomic E-state index is -4.56. The number of imidazole rings is 1. The zero-order valence-corrected chi connectivity index (χ0v) is 19.1. The van der Waals surface area contributed by atoms with Crippen molar-refractivity contribution in [2.24, 2.45) is 7.05 Å². The number of carbonyl (C=O) groups is 1. The van der Waals surface area contributed by atoms with Crippen molar-refractivity contribution in [3.8, 4) is 22.8 Å². The number of alkyl halides is 3. The molecule has 3 aromatic heterocycles. The van der Waals surface area contributed by atoms with Gasteiger partial charge >= 0.3 is 6.18 Å². The van der Waals surface area contributed by atoms with Crippen molar-refractivity contribution in [2.45, 2.75) is 32.9 Å². The van der Waals surface area contributed by atoms with Gasteiger partial charge in [0.25, 0.3) is 0 Å². The summed E-state index contributed by atoms with van der Waals surface area (Å²) in [6.07, 6.45) is 0.717. The molecule has 0 atom stereocenters. The first kappa shape index (κ1) is 23.4. The number of pyridine rings is 2. The Morgan fingerprint density at radius 2 is 1.79 bits per heavy atom. The number of halogens is 3. The van der Waals surface area contributed by atoms with Crippen molar-refractivity contribution in [2.75, 3.05) is 6.54 Å². The third kappa shape index (κ3) is 4.02. The summed E-state index contributed by atoms with van der Waals surface area (Å²) in [7, 11) is 1.70. The molecule has 0 saturated heterocycles. The number of aromatic nitrogens is 4. The second-order valence-corrected chi connectivity index (χ2v) is 7.95. The fourth-order valence-electron chi connectivity index (χ4n) is 4.15. The molecule has 0 spiro atoms. The molecule has 6 nitrogen and oxygen atoms in total. The minimum Gasteiger partial charge on any atom is -0.336 e. The molecule has 4 rings (SSSR count). The number of Topliss-reactive ketones (excluding diaryl/α,β-unsaturated/α-hetero) is 1. The lowest BCUT2D eigenvalue weighted by atomic mass is 10.0. The predicted molar refractivity (Wildman–Crippen MR) is 124 cm³/mol. The number of hydrogen-bond acceptors (Lipinski definition) is 5. The van der Waals surface area contributed by atoms with Gasteiger partial charge in [0.1, 0.15) is 11.4 Å². The number of rotatable bonds is 6. The smallest absolute Gasteiger partial charge is 0.336 e. The van der Waals surface area contributed by atoms with E-state index in [0.29, 0.717) is 41.3 Å². The summed E-state index contributed by atoms with van der Waals surface area (Å²) in [6.45, 7) is 7.56. The molecule has 34 heavy (non-hydrogen) atoms. The van der Waals surface area contributed by atoms with Crippen LogP contribution >= 0.6 is 0 Å². The fraction of sp³-hybridized carbons (Fsp3) is 0.280. The Labute approximate surface area is 195 Å². The summed E-state index contributed by atoms with van der Waals surface area (Å²) in [5, 5.41) is 0. The Balaban J connectivity index is 1.94. The number of hydrogen-bond donors (Lipinski definition) is 0. The van der Waals surface area contributed by atoms with E-state index in [1.165, 1.54) is 0 Å². The van der Waals surface area contributed by atoms with Crippen molar-refractivity contribution in [3.05, 3.63) is 65.9 Å². The van der Waals surface area contributed by atoms with Crippen molar-refractivity contribution in [1.29, 1.82) is 0 Å². The number of fused-ring (bicyclic) bond motifs is 1. The standard InChI is InChI=1S/C25H24F3N5O/c1-5-7-20(34)17-8-9-18(16-10-12-29-13-11-16)30-22(17)24-31-19-14-21(25(26,27)28)33(6-2)15(3)23(19)32(24)4/h8-14H,3,5-7H2,1-2,4H3. The quantitative estimate of drug-likeness (QED) is 0.433. The van der Waals surface area contributed by atoms with Crippen LogP contribution in [-0.4, -0.2) is 42.9 Å². The SMILES string of the molecule is C=C1c2c(nc(-c3nc(-c4ccncc4)ccc3C(=O)CCC)n2C)C=C(C(F)(F)F)N1CC. The first-order valence-electron chi connectivity index (χ1n) is 10.9. The second kappa shape index (κ2) is 8.89. The Morgan fingerprint density at radius 1 is 1.09 bits per heavy atom. The number of carbonyl (C=O) groups excluding carboxylic acids is 1. The highest BCUT2D eigenvalue weighted by Crippen LogP contribution is 2.41. The molecule has 9 heteroatoms. The molecule has 176 valence electrons. The van der Waals surface area contributed by atoms with Crippen molar-refractivity contribution >= 4 is 17.6 Å². The molecule has 0 fully saturated rings. The number of ketones is 1. The van der Waals surface area contributed by atoms with Crippen LogP contribution in [0.15, 0.2) is 48.9 Å². The van der Waals surface area contributed by atoms with E-state index in [9.17, 15) is 18.0 Å². The van der Waals surface area contributed by atoms with Crippen LogP contribution in [-0.2, 0) is 7.05 Å². The molecule has 1 aliphatic heterocycles. The highest BCUT2D eigenvalue weighted by molar-refractivity contribution is 6.01. The van der Waals surface area contributed by atoms with E-state index in [2.05, 4.69) is 16.5 Å². The van der Waals surface area contributed by atoms with E-state index in [-0.39, 0.29) is 23.7 Å². The lowest BCUT2D eigenvalue weighted by Gasteiger charge is -2.32. The zero-order chi connectivity index (χ0) is 24.6. The van der Waals surface area contributed by atoms with Gasteiger partial charge in [0.15, 0.2) is 11.6 Å². The summed E-state index contributed by atoms with van der Waals surface area (Å²) in [4.78, 5) is 27.3. The van der Waals surface area contributed by atoms with Gasteiger partial charge in [-0.2, -0.15) is 13.2 Å². The van der Waals surface area contributed by atoms with Crippen LogP contribution in [0.4, 0.5) is 13.2 Å². The van der Waals surface area contributed by atoms with Gasteiger partial charge < -0.3 is 9.47 Å². The zero-order valence-electron chi connectivity index (χ0n) is 19.1. The average Bonchev–Trinajstić information content (AvgIpc) is 3.15. The highest BCUT2D eigenvalue weighted by atomic mass is 19.4. The molecule has 0 aromatic carbocycles. The van der Waals surface area contributed by atoms with Gasteiger partial charge in [-0.25, -0.2) is 9.97 Å². The van der Waals surface area contributed by atoms with Crippen LogP contribution in [0.2, 0.25) is 0 Å². The largest absolute Gasteiger partial charge is 0.431 e. The molecular formula is C25H24F3N5O. The van der Waals surface area contributed by atoms with Gasteiger partial charge in [-0.05, 0) is 43.7 Å². The van der Waals surface area contributed by atoms with Gasteiger partial charge in [-0.15, -0.1) is 0 Å². The van der Waals surface area contributed by atoms with Gasteiger partial charge in [0, 0.05) is 43.5 Å². The summed E-state index contributed by atoms with van der Waals surface area (Å²) < 4.78 is 42.8. The molecule has 0 bridgehead atoms. The van der Waals surface area contributed by atoms with E-state index in [0.717, 1.165) is 16.5 Å². The molecule has 0 amide bonds. The highest BCUT2D eigenvalue weighted by Gasteiger charge is 2.42. The molecule has 4 heterocycles. The molecule has 0 unspecified atom stereocenters. The minimum absolute atomic E-state index is 0.0974. The first-order valence-corrected chi connectivity index (χ1v) is 10.9. The van der Waals surface area contributed by atoms with Gasteiger partial charge in [-0.1, -0.05) is 13.5 Å². The summed E-state index contributed by atoms with van der Waals surface area (Å²) in [6, 6.07) is 7.04. The van der Waals surface area contributed by atoms with E-state index in [1.54, 1.807) is 55.2 Å². The molecule has 0 saturated carbocycles.